The van der Waals surface area contributed by atoms with Gasteiger partial charge < -0.3 is 9.47 Å². The van der Waals surface area contributed by atoms with Gasteiger partial charge >= 0.3 is 7.60 Å². The van der Waals surface area contributed by atoms with Gasteiger partial charge in [-0.2, -0.15) is 0 Å². The minimum atomic E-state index is -4.03. The Bertz CT molecular complexity index is 405. The summed E-state index contributed by atoms with van der Waals surface area (Å²) in [6.45, 7) is 6.69. The van der Waals surface area contributed by atoms with Crippen molar-refractivity contribution in [2.75, 3.05) is 12.0 Å². The molecule has 0 bridgehead atoms. The highest BCUT2D eigenvalue weighted by atomic mass is 35.6. The molecule has 152 valence electrons. The first-order valence-corrected chi connectivity index (χ1v) is 11.6. The summed E-state index contributed by atoms with van der Waals surface area (Å²) in [6.07, 6.45) is -4.09. The summed E-state index contributed by atoms with van der Waals surface area (Å²) in [7, 11) is -4.03. The zero-order chi connectivity index (χ0) is 20.1. The lowest BCUT2D eigenvalue weighted by atomic mass is 10.5. The van der Waals surface area contributed by atoms with Crippen LogP contribution in [0.4, 0.5) is 0 Å². The molecule has 0 saturated carbocycles. The van der Waals surface area contributed by atoms with E-state index in [2.05, 4.69) is 0 Å². The van der Waals surface area contributed by atoms with Gasteiger partial charge in [0.05, 0.1) is 18.4 Å². The van der Waals surface area contributed by atoms with Crippen LogP contribution in [0.3, 0.4) is 0 Å². The third-order valence-corrected chi connectivity index (χ3v) is 5.52. The van der Waals surface area contributed by atoms with Gasteiger partial charge in [-0.15, -0.1) is 11.6 Å². The van der Waals surface area contributed by atoms with Crippen LogP contribution in [-0.2, 0) is 23.1 Å². The Labute approximate surface area is 183 Å². The molecule has 0 spiro atoms. The molecule has 0 saturated heterocycles. The molecule has 0 aromatic carbocycles. The summed E-state index contributed by atoms with van der Waals surface area (Å²) in [5.74, 6) is -0.0974. The second kappa shape index (κ2) is 11.3. The quantitative estimate of drug-likeness (QED) is 0.181. The molecule has 0 aliphatic rings. The van der Waals surface area contributed by atoms with Crippen LogP contribution in [-0.4, -0.2) is 44.4 Å². The van der Waals surface area contributed by atoms with E-state index in [0.29, 0.717) is 0 Å². The molecular formula is C12H20Cl7O5P. The minimum absolute atomic E-state index is 0.0974. The van der Waals surface area contributed by atoms with Crippen molar-refractivity contribution < 1.29 is 23.1 Å². The number of hydrogen-bond donors (Lipinski definition) is 0. The Kier molecular flexibility index (Phi) is 12.3. The summed E-state index contributed by atoms with van der Waals surface area (Å²) in [6, 6.07) is 0. The lowest BCUT2D eigenvalue weighted by molar-refractivity contribution is -0.138. The van der Waals surface area contributed by atoms with Gasteiger partial charge in [-0.3, -0.25) is 13.6 Å². The van der Waals surface area contributed by atoms with Crippen LogP contribution in [0.2, 0.25) is 0 Å². The van der Waals surface area contributed by atoms with Crippen molar-refractivity contribution >= 4 is 88.8 Å². The highest BCUT2D eigenvalue weighted by molar-refractivity contribution is 7.54. The van der Waals surface area contributed by atoms with E-state index in [9.17, 15) is 4.57 Å². The molecule has 5 nitrogen and oxygen atoms in total. The van der Waals surface area contributed by atoms with Crippen LogP contribution in [0, 0.1) is 0 Å². The minimum Gasteiger partial charge on any atom is -0.345 e. The predicted molar refractivity (Wildman–Crippen MR) is 106 cm³/mol. The van der Waals surface area contributed by atoms with Crippen molar-refractivity contribution in [3.63, 3.8) is 0 Å². The van der Waals surface area contributed by atoms with Crippen molar-refractivity contribution in [1.82, 2.24) is 0 Å². The smallest absolute Gasteiger partial charge is 0.336 e. The highest BCUT2D eigenvalue weighted by Crippen LogP contribution is 2.56. The molecular weight excluding hydrogens is 503 g/mol. The zero-order valence-electron chi connectivity index (χ0n) is 13.9. The predicted octanol–water partition coefficient (Wildman–Crippen LogP) is 6.69. The van der Waals surface area contributed by atoms with E-state index in [0.717, 1.165) is 0 Å². The van der Waals surface area contributed by atoms with Gasteiger partial charge in [-0.1, -0.05) is 69.6 Å². The van der Waals surface area contributed by atoms with E-state index in [1.54, 1.807) is 27.7 Å². The van der Waals surface area contributed by atoms with Crippen molar-refractivity contribution in [1.29, 1.82) is 0 Å². The average molecular weight is 523 g/mol. The van der Waals surface area contributed by atoms with E-state index >= 15 is 0 Å². The second-order valence-electron chi connectivity index (χ2n) is 5.35. The van der Waals surface area contributed by atoms with Crippen molar-refractivity contribution in [2.24, 2.45) is 0 Å². The zero-order valence-corrected chi connectivity index (χ0v) is 20.0. The maximum Gasteiger partial charge on any atom is 0.336 e. The third-order valence-electron chi connectivity index (χ3n) is 2.20. The van der Waals surface area contributed by atoms with Crippen molar-refractivity contribution in [3.05, 3.63) is 0 Å². The Balaban J connectivity index is 5.52. The molecule has 0 heterocycles. The maximum atomic E-state index is 13.0. The van der Waals surface area contributed by atoms with Gasteiger partial charge in [-0.05, 0) is 27.7 Å². The number of rotatable bonds is 10. The monoisotopic (exact) mass is 520 g/mol. The summed E-state index contributed by atoms with van der Waals surface area (Å²) in [5.41, 5.74) is 0. The van der Waals surface area contributed by atoms with Crippen LogP contribution in [0.5, 0.6) is 0 Å². The number of alkyl halides is 7. The van der Waals surface area contributed by atoms with E-state index in [4.69, 9.17) is 99.7 Å². The second-order valence-corrected chi connectivity index (χ2v) is 12.6. The van der Waals surface area contributed by atoms with Crippen molar-refractivity contribution in [2.45, 2.75) is 60.1 Å². The van der Waals surface area contributed by atoms with Gasteiger partial charge in [0.15, 0.2) is 0 Å². The van der Waals surface area contributed by atoms with E-state index in [1.165, 1.54) is 0 Å². The SMILES string of the molecule is CC(C)OC(OP(=O)(CCCl)OC(OC(C)C)C(Cl)(Cl)Cl)C(Cl)(Cl)Cl. The Hall–Kier alpha value is 2.10. The van der Waals surface area contributed by atoms with Crippen molar-refractivity contribution in [3.8, 4) is 0 Å². The fourth-order valence-corrected chi connectivity index (χ4v) is 4.38. The molecule has 0 fully saturated rings. The van der Waals surface area contributed by atoms with Gasteiger partial charge in [-0.25, -0.2) is 0 Å². The van der Waals surface area contributed by atoms with Gasteiger partial charge in [0.25, 0.3) is 0 Å². The lowest BCUT2D eigenvalue weighted by Gasteiger charge is -2.33. The molecule has 0 rings (SSSR count). The molecule has 2 unspecified atom stereocenters. The Morgan fingerprint density at radius 2 is 1.12 bits per heavy atom. The number of hydrogen-bond acceptors (Lipinski definition) is 5. The third kappa shape index (κ3) is 11.6. The van der Waals surface area contributed by atoms with Gasteiger partial charge in [0, 0.05) is 5.88 Å². The topological polar surface area (TPSA) is 54.0 Å². The summed E-state index contributed by atoms with van der Waals surface area (Å²) < 4.78 is 30.3. The molecule has 0 aromatic heterocycles. The normalized spacial score (nSPS) is 18.4. The fourth-order valence-electron chi connectivity index (χ4n) is 1.34. The largest absolute Gasteiger partial charge is 0.345 e. The highest BCUT2D eigenvalue weighted by Gasteiger charge is 2.46. The molecule has 0 radical (unpaired) electrons. The Morgan fingerprint density at radius 1 is 0.800 bits per heavy atom. The van der Waals surface area contributed by atoms with E-state index in [-0.39, 0.29) is 12.0 Å². The Morgan fingerprint density at radius 3 is 1.32 bits per heavy atom. The first-order chi connectivity index (χ1) is 11.1. The molecule has 0 aliphatic heterocycles. The van der Waals surface area contributed by atoms with Crippen LogP contribution < -0.4 is 0 Å². The first-order valence-electron chi connectivity index (χ1n) is 7.07. The maximum absolute atomic E-state index is 13.0. The number of halogens is 7. The molecule has 25 heavy (non-hydrogen) atoms. The lowest BCUT2D eigenvalue weighted by Crippen LogP contribution is -2.37. The molecule has 0 N–H and O–H groups in total. The van der Waals surface area contributed by atoms with Crippen LogP contribution >= 0.6 is 88.8 Å². The van der Waals surface area contributed by atoms with Gasteiger partial charge in [0.2, 0.25) is 20.2 Å². The molecule has 0 aliphatic carbocycles. The van der Waals surface area contributed by atoms with Gasteiger partial charge in [0.1, 0.15) is 0 Å². The average Bonchev–Trinajstić information content (AvgIpc) is 2.34. The summed E-state index contributed by atoms with van der Waals surface area (Å²) in [4.78, 5) is 0. The first kappa shape index (κ1) is 27.1. The van der Waals surface area contributed by atoms with Crippen LogP contribution in [0.25, 0.3) is 0 Å². The van der Waals surface area contributed by atoms with Crippen LogP contribution in [0.15, 0.2) is 0 Å². The van der Waals surface area contributed by atoms with E-state index < -0.39 is 40.0 Å². The fraction of sp³-hybridized carbons (Fsp3) is 1.00. The molecule has 0 aromatic rings. The number of ether oxygens (including phenoxy) is 2. The standard InChI is InChI=1S/C12H20Cl7O5P/c1-7(2)21-9(11(14,15)16)23-25(20,6-5-13)24-10(12(17,18)19)22-8(3)4/h7-10H,5-6H2,1-4H3. The summed E-state index contributed by atoms with van der Waals surface area (Å²) >= 11 is 40.6. The molecule has 13 heteroatoms. The molecule has 2 atom stereocenters. The summed E-state index contributed by atoms with van der Waals surface area (Å²) in [5, 5.41) is 0. The van der Waals surface area contributed by atoms with E-state index in [1.807, 2.05) is 0 Å². The van der Waals surface area contributed by atoms with Crippen LogP contribution in [0.1, 0.15) is 27.7 Å². The molecule has 0 amide bonds.